The van der Waals surface area contributed by atoms with Crippen LogP contribution in [0.15, 0.2) is 84.9 Å². The molecule has 0 N–H and O–H groups in total. The Labute approximate surface area is 204 Å². The van der Waals surface area contributed by atoms with Crippen molar-refractivity contribution in [3.05, 3.63) is 96.1 Å². The summed E-state index contributed by atoms with van der Waals surface area (Å²) in [5.41, 5.74) is 5.95. The molecular formula is C31H37N2O+. The van der Waals surface area contributed by atoms with Crippen LogP contribution < -0.4 is 9.64 Å². The van der Waals surface area contributed by atoms with E-state index in [0.29, 0.717) is 6.73 Å². The van der Waals surface area contributed by atoms with E-state index in [2.05, 4.69) is 124 Å². The lowest BCUT2D eigenvalue weighted by atomic mass is 10.1. The predicted molar refractivity (Wildman–Crippen MR) is 145 cm³/mol. The Morgan fingerprint density at radius 2 is 1.09 bits per heavy atom. The second-order valence-electron chi connectivity index (χ2n) is 9.26. The number of fused-ring (bicyclic) bond motifs is 1. The summed E-state index contributed by atoms with van der Waals surface area (Å²) in [6.45, 7) is 14.9. The number of ether oxygens (including phenoxy) is 1. The van der Waals surface area contributed by atoms with Crippen molar-refractivity contribution in [2.24, 2.45) is 0 Å². The standard InChI is InChI=1S/C31H37N2O/c1-6-33(7-2,8-3)23-34-31-20-14-26-13-19-30(21-27(26)22-31)32(28-15-9-24(4)10-16-28)29-17-11-25(5)12-18-29/h9-22H,6-8,23H2,1-5H3/q+1. The van der Waals surface area contributed by atoms with Crippen molar-refractivity contribution in [1.29, 1.82) is 0 Å². The molecule has 0 saturated heterocycles. The Hall–Kier alpha value is -3.30. The van der Waals surface area contributed by atoms with Crippen LogP contribution in [0.25, 0.3) is 10.8 Å². The summed E-state index contributed by atoms with van der Waals surface area (Å²) in [7, 11) is 0. The van der Waals surface area contributed by atoms with Crippen LogP contribution in [-0.2, 0) is 0 Å². The summed E-state index contributed by atoms with van der Waals surface area (Å²) in [6, 6.07) is 30.6. The van der Waals surface area contributed by atoms with E-state index >= 15 is 0 Å². The van der Waals surface area contributed by atoms with Crippen molar-refractivity contribution in [3.63, 3.8) is 0 Å². The molecule has 0 aliphatic carbocycles. The van der Waals surface area contributed by atoms with Crippen molar-refractivity contribution >= 4 is 27.8 Å². The minimum absolute atomic E-state index is 0.702. The van der Waals surface area contributed by atoms with Gasteiger partial charge >= 0.3 is 0 Å². The summed E-state index contributed by atoms with van der Waals surface area (Å²) in [5, 5.41) is 2.40. The highest BCUT2D eigenvalue weighted by Crippen LogP contribution is 2.36. The van der Waals surface area contributed by atoms with Crippen molar-refractivity contribution in [3.8, 4) is 5.75 Å². The van der Waals surface area contributed by atoms with Crippen molar-refractivity contribution in [2.75, 3.05) is 31.3 Å². The topological polar surface area (TPSA) is 12.5 Å². The number of rotatable bonds is 9. The molecule has 3 nitrogen and oxygen atoms in total. The minimum atomic E-state index is 0.702. The van der Waals surface area contributed by atoms with Crippen molar-refractivity contribution in [2.45, 2.75) is 34.6 Å². The van der Waals surface area contributed by atoms with Gasteiger partial charge in [0.2, 0.25) is 6.73 Å². The molecule has 0 bridgehead atoms. The molecule has 34 heavy (non-hydrogen) atoms. The number of nitrogens with zero attached hydrogens (tertiary/aromatic N) is 2. The van der Waals surface area contributed by atoms with Crippen LogP contribution in [0.4, 0.5) is 17.1 Å². The van der Waals surface area contributed by atoms with E-state index in [9.17, 15) is 0 Å². The first kappa shape index (κ1) is 23.8. The maximum absolute atomic E-state index is 6.31. The van der Waals surface area contributed by atoms with Crippen LogP contribution in [0.1, 0.15) is 31.9 Å². The van der Waals surface area contributed by atoms with E-state index in [1.54, 1.807) is 0 Å². The van der Waals surface area contributed by atoms with Gasteiger partial charge in [0, 0.05) is 17.1 Å². The fourth-order valence-electron chi connectivity index (χ4n) is 4.43. The summed E-state index contributed by atoms with van der Waals surface area (Å²) in [6.07, 6.45) is 0. The van der Waals surface area contributed by atoms with Crippen LogP contribution in [0.2, 0.25) is 0 Å². The van der Waals surface area contributed by atoms with Gasteiger partial charge < -0.3 is 9.64 Å². The number of benzene rings is 4. The molecule has 0 heterocycles. The monoisotopic (exact) mass is 453 g/mol. The molecule has 4 aromatic rings. The van der Waals surface area contributed by atoms with E-state index in [4.69, 9.17) is 4.74 Å². The summed E-state index contributed by atoms with van der Waals surface area (Å²) < 4.78 is 7.27. The number of anilines is 3. The quantitative estimate of drug-likeness (QED) is 0.187. The molecule has 0 aliphatic heterocycles. The maximum atomic E-state index is 6.31. The first-order valence-corrected chi connectivity index (χ1v) is 12.4. The van der Waals surface area contributed by atoms with E-state index in [0.717, 1.165) is 46.9 Å². The van der Waals surface area contributed by atoms with Crippen LogP contribution >= 0.6 is 0 Å². The van der Waals surface area contributed by atoms with E-state index < -0.39 is 0 Å². The molecule has 0 aromatic heterocycles. The van der Waals surface area contributed by atoms with Gasteiger partial charge in [-0.2, -0.15) is 0 Å². The van der Waals surface area contributed by atoms with Crippen LogP contribution in [0, 0.1) is 13.8 Å². The third-order valence-corrected chi connectivity index (χ3v) is 7.16. The zero-order chi connectivity index (χ0) is 24.1. The number of hydrogen-bond acceptors (Lipinski definition) is 2. The minimum Gasteiger partial charge on any atom is -0.445 e. The van der Waals surface area contributed by atoms with Gasteiger partial charge in [0.05, 0.1) is 19.6 Å². The average Bonchev–Trinajstić information content (AvgIpc) is 2.87. The second-order valence-corrected chi connectivity index (χ2v) is 9.26. The van der Waals surface area contributed by atoms with Gasteiger partial charge in [0.25, 0.3) is 0 Å². The van der Waals surface area contributed by atoms with E-state index in [1.807, 2.05) is 0 Å². The number of hydrogen-bond donors (Lipinski definition) is 0. The number of quaternary nitrogens is 1. The van der Waals surface area contributed by atoms with Gasteiger partial charge in [0.1, 0.15) is 5.75 Å². The average molecular weight is 454 g/mol. The molecule has 0 unspecified atom stereocenters. The molecule has 0 saturated carbocycles. The normalized spacial score (nSPS) is 11.6. The highest BCUT2D eigenvalue weighted by Gasteiger charge is 2.21. The zero-order valence-electron chi connectivity index (χ0n) is 21.2. The van der Waals surface area contributed by atoms with E-state index in [-0.39, 0.29) is 0 Å². The fraction of sp³-hybridized carbons (Fsp3) is 0.290. The maximum Gasteiger partial charge on any atom is 0.223 e. The van der Waals surface area contributed by atoms with Gasteiger partial charge in [-0.1, -0.05) is 47.5 Å². The molecule has 0 fully saturated rings. The summed E-state index contributed by atoms with van der Waals surface area (Å²) in [5.74, 6) is 0.930. The highest BCUT2D eigenvalue weighted by molar-refractivity contribution is 5.90. The van der Waals surface area contributed by atoms with Crippen molar-refractivity contribution in [1.82, 2.24) is 0 Å². The van der Waals surface area contributed by atoms with Crippen LogP contribution in [0.5, 0.6) is 5.75 Å². The molecule has 176 valence electrons. The molecular weight excluding hydrogens is 416 g/mol. The Kier molecular flexibility index (Phi) is 7.23. The largest absolute Gasteiger partial charge is 0.445 e. The molecule has 0 radical (unpaired) electrons. The van der Waals surface area contributed by atoms with Gasteiger partial charge in [-0.25, -0.2) is 0 Å². The zero-order valence-corrected chi connectivity index (χ0v) is 21.2. The van der Waals surface area contributed by atoms with Crippen molar-refractivity contribution < 1.29 is 9.22 Å². The van der Waals surface area contributed by atoms with Gasteiger partial charge in [0.15, 0.2) is 0 Å². The second kappa shape index (κ2) is 10.3. The van der Waals surface area contributed by atoms with Gasteiger partial charge in [-0.3, -0.25) is 4.48 Å². The van der Waals surface area contributed by atoms with E-state index in [1.165, 1.54) is 21.9 Å². The lowest BCUT2D eigenvalue weighted by Gasteiger charge is -2.34. The lowest BCUT2D eigenvalue weighted by Crippen LogP contribution is -2.50. The van der Waals surface area contributed by atoms with Gasteiger partial charge in [-0.05, 0) is 93.9 Å². The predicted octanol–water partition coefficient (Wildman–Crippen LogP) is 8.14. The molecule has 3 heteroatoms. The molecule has 0 spiro atoms. The Balaban J connectivity index is 1.71. The molecule has 4 aromatic carbocycles. The first-order valence-electron chi connectivity index (χ1n) is 12.4. The first-order chi connectivity index (χ1) is 16.5. The molecule has 0 amide bonds. The van der Waals surface area contributed by atoms with Gasteiger partial charge in [-0.15, -0.1) is 0 Å². The molecule has 0 atom stereocenters. The Morgan fingerprint density at radius 1 is 0.588 bits per heavy atom. The number of aryl methyl sites for hydroxylation is 2. The third kappa shape index (κ3) is 5.10. The molecule has 0 aliphatic rings. The smallest absolute Gasteiger partial charge is 0.223 e. The summed E-state index contributed by atoms with van der Waals surface area (Å²) >= 11 is 0. The summed E-state index contributed by atoms with van der Waals surface area (Å²) in [4.78, 5) is 2.32. The third-order valence-electron chi connectivity index (χ3n) is 7.16. The van der Waals surface area contributed by atoms with Crippen LogP contribution in [0.3, 0.4) is 0 Å². The highest BCUT2D eigenvalue weighted by atomic mass is 16.5. The molecule has 4 rings (SSSR count). The Morgan fingerprint density at radius 3 is 1.62 bits per heavy atom. The fourth-order valence-corrected chi connectivity index (χ4v) is 4.43. The van der Waals surface area contributed by atoms with Crippen LogP contribution in [-0.4, -0.2) is 30.8 Å². The Bertz CT molecular complexity index is 1170. The lowest BCUT2D eigenvalue weighted by molar-refractivity contribution is -0.937. The SMILES string of the molecule is CC[N+](CC)(CC)COc1ccc2ccc(N(c3ccc(C)cc3)c3ccc(C)cc3)cc2c1.